The van der Waals surface area contributed by atoms with Crippen molar-refractivity contribution < 1.29 is 28.9 Å². The molecule has 1 saturated carbocycles. The highest BCUT2D eigenvalue weighted by Crippen LogP contribution is 2.56. The van der Waals surface area contributed by atoms with Gasteiger partial charge in [0.2, 0.25) is 5.91 Å². The van der Waals surface area contributed by atoms with Crippen LogP contribution in [0.4, 0.5) is 0 Å². The van der Waals surface area contributed by atoms with Crippen LogP contribution in [0.1, 0.15) is 76.4 Å². The van der Waals surface area contributed by atoms with E-state index in [2.05, 4.69) is 0 Å². The number of aliphatic carboxylic acids is 1. The van der Waals surface area contributed by atoms with Gasteiger partial charge in [0.25, 0.3) is 0 Å². The van der Waals surface area contributed by atoms with Gasteiger partial charge < -0.3 is 24.2 Å². The molecule has 0 radical (unpaired) electrons. The number of amides is 1. The van der Waals surface area contributed by atoms with Gasteiger partial charge in [-0.05, 0) is 50.7 Å². The maximum absolute atomic E-state index is 12.9. The normalized spacial score (nSPS) is 30.0. The minimum atomic E-state index is -0.826. The minimum Gasteiger partial charge on any atom is -0.497 e. The number of nitrogens with zero attached hydrogens (tertiary/aromatic N) is 1. The van der Waals surface area contributed by atoms with Crippen LogP contribution in [0.15, 0.2) is 18.2 Å². The average molecular weight is 472 g/mol. The molecule has 3 aliphatic heterocycles. The third-order valence-electron chi connectivity index (χ3n) is 8.67. The molecule has 1 aromatic carbocycles. The number of carbonyl (C=O) groups is 2. The summed E-state index contributed by atoms with van der Waals surface area (Å²) in [5, 5.41) is 9.37. The SMILES string of the molecule is COc1ccc2c(c1)O[C@](C)(CCC(=O)O)[C@H]1CC3(CO[C@H]21)CN(C(=O)CC1CCCCC1)C3. The van der Waals surface area contributed by atoms with Crippen molar-refractivity contribution in [1.82, 2.24) is 4.90 Å². The van der Waals surface area contributed by atoms with E-state index in [-0.39, 0.29) is 29.8 Å². The Morgan fingerprint density at radius 3 is 2.68 bits per heavy atom. The second-order valence-electron chi connectivity index (χ2n) is 11.2. The summed E-state index contributed by atoms with van der Waals surface area (Å²) in [6.45, 7) is 4.09. The first-order valence-corrected chi connectivity index (χ1v) is 12.8. The largest absolute Gasteiger partial charge is 0.497 e. The van der Waals surface area contributed by atoms with Crippen LogP contribution < -0.4 is 9.47 Å². The van der Waals surface area contributed by atoms with Gasteiger partial charge in [-0.2, -0.15) is 0 Å². The average Bonchev–Trinajstić information content (AvgIpc) is 2.81. The van der Waals surface area contributed by atoms with Crippen molar-refractivity contribution in [2.45, 2.75) is 76.4 Å². The lowest BCUT2D eigenvalue weighted by atomic mass is 9.63. The molecule has 5 rings (SSSR count). The molecule has 1 aliphatic carbocycles. The molecule has 0 aromatic heterocycles. The van der Waals surface area contributed by atoms with E-state index >= 15 is 0 Å². The number of hydrogen-bond acceptors (Lipinski definition) is 5. The van der Waals surface area contributed by atoms with Gasteiger partial charge in [0, 0.05) is 48.9 Å². The summed E-state index contributed by atoms with van der Waals surface area (Å²) in [5.74, 6) is 1.44. The van der Waals surface area contributed by atoms with Crippen molar-refractivity contribution in [2.75, 3.05) is 26.8 Å². The lowest BCUT2D eigenvalue weighted by molar-refractivity contribution is -0.206. The molecule has 4 aliphatic rings. The monoisotopic (exact) mass is 471 g/mol. The van der Waals surface area contributed by atoms with Gasteiger partial charge in [-0.25, -0.2) is 0 Å². The number of carboxylic acids is 1. The van der Waals surface area contributed by atoms with E-state index in [1.165, 1.54) is 32.1 Å². The Bertz CT molecular complexity index is 935. The number of hydrogen-bond donors (Lipinski definition) is 1. The van der Waals surface area contributed by atoms with Gasteiger partial charge in [0.1, 0.15) is 17.1 Å². The Balaban J connectivity index is 1.31. The van der Waals surface area contributed by atoms with E-state index in [4.69, 9.17) is 14.2 Å². The number of likely N-dealkylation sites (tertiary alicyclic amines) is 1. The molecule has 1 aromatic rings. The fourth-order valence-electron chi connectivity index (χ4n) is 6.67. The second kappa shape index (κ2) is 9.06. The molecule has 0 bridgehead atoms. The molecule has 3 heterocycles. The van der Waals surface area contributed by atoms with Crippen molar-refractivity contribution in [3.63, 3.8) is 0 Å². The van der Waals surface area contributed by atoms with Crippen molar-refractivity contribution in [3.05, 3.63) is 23.8 Å². The molecule has 0 unspecified atom stereocenters. The highest BCUT2D eigenvalue weighted by atomic mass is 16.5. The van der Waals surface area contributed by atoms with Gasteiger partial charge in [-0.1, -0.05) is 19.3 Å². The van der Waals surface area contributed by atoms with E-state index in [9.17, 15) is 14.7 Å². The molecule has 1 N–H and O–H groups in total. The molecular weight excluding hydrogens is 434 g/mol. The predicted molar refractivity (Wildman–Crippen MR) is 126 cm³/mol. The van der Waals surface area contributed by atoms with Crippen LogP contribution in [0, 0.1) is 17.3 Å². The second-order valence-corrected chi connectivity index (χ2v) is 11.2. The molecule has 7 nitrogen and oxygen atoms in total. The van der Waals surface area contributed by atoms with Crippen LogP contribution in [-0.2, 0) is 14.3 Å². The van der Waals surface area contributed by atoms with E-state index in [1.54, 1.807) is 7.11 Å². The number of carboxylic acid groups (broad SMARTS) is 1. The molecule has 2 saturated heterocycles. The van der Waals surface area contributed by atoms with Crippen LogP contribution in [0.25, 0.3) is 0 Å². The van der Waals surface area contributed by atoms with Crippen molar-refractivity contribution in [2.24, 2.45) is 17.3 Å². The Morgan fingerprint density at radius 1 is 1.21 bits per heavy atom. The number of ether oxygens (including phenoxy) is 3. The highest BCUT2D eigenvalue weighted by Gasteiger charge is 2.57. The molecular formula is C27H37NO6. The van der Waals surface area contributed by atoms with Crippen LogP contribution in [0.2, 0.25) is 0 Å². The topological polar surface area (TPSA) is 85.3 Å². The summed E-state index contributed by atoms with van der Waals surface area (Å²) in [6, 6.07) is 5.79. The number of rotatable bonds is 6. The Morgan fingerprint density at radius 2 is 1.97 bits per heavy atom. The lowest BCUT2D eigenvalue weighted by Gasteiger charge is -2.59. The summed E-state index contributed by atoms with van der Waals surface area (Å²) in [5.41, 5.74) is 0.266. The quantitative estimate of drug-likeness (QED) is 0.653. The van der Waals surface area contributed by atoms with E-state index in [0.29, 0.717) is 36.9 Å². The first kappa shape index (κ1) is 23.5. The molecule has 7 heteroatoms. The van der Waals surface area contributed by atoms with Crippen LogP contribution in [-0.4, -0.2) is 54.3 Å². The summed E-state index contributed by atoms with van der Waals surface area (Å²) < 4.78 is 18.4. The minimum absolute atomic E-state index is 0.0251. The third kappa shape index (κ3) is 4.39. The summed E-state index contributed by atoms with van der Waals surface area (Å²) in [7, 11) is 1.62. The molecule has 186 valence electrons. The van der Waals surface area contributed by atoms with Crippen molar-refractivity contribution in [3.8, 4) is 11.5 Å². The highest BCUT2D eigenvalue weighted by molar-refractivity contribution is 5.77. The zero-order chi connectivity index (χ0) is 23.9. The first-order chi connectivity index (χ1) is 16.3. The van der Waals surface area contributed by atoms with Gasteiger partial charge in [0.05, 0.1) is 19.8 Å². The summed E-state index contributed by atoms with van der Waals surface area (Å²) in [6.07, 6.45) is 8.01. The van der Waals surface area contributed by atoms with Gasteiger partial charge >= 0.3 is 5.97 Å². The Labute approximate surface area is 201 Å². The first-order valence-electron chi connectivity index (χ1n) is 12.8. The number of fused-ring (bicyclic) bond motifs is 3. The standard InChI is InChI=1S/C27H37NO6/c1-26(11-10-24(30)31)21-14-27(15-28(16-27)23(29)12-18-6-4-3-5-7-18)17-33-25(21)20-9-8-19(32-2)13-22(20)34-26/h8-9,13,18,21,25H,3-7,10-12,14-17H2,1-2H3,(H,30,31)/t21-,25+,26+/m0/s1. The van der Waals surface area contributed by atoms with Gasteiger partial charge in [-0.15, -0.1) is 0 Å². The van der Waals surface area contributed by atoms with Gasteiger partial charge in [-0.3, -0.25) is 9.59 Å². The summed E-state index contributed by atoms with van der Waals surface area (Å²) in [4.78, 5) is 26.3. The molecule has 1 spiro atoms. The smallest absolute Gasteiger partial charge is 0.303 e. The lowest BCUT2D eigenvalue weighted by Crippen LogP contribution is -2.65. The fourth-order valence-corrected chi connectivity index (χ4v) is 6.67. The fraction of sp³-hybridized carbons (Fsp3) is 0.704. The van der Waals surface area contributed by atoms with Crippen molar-refractivity contribution in [1.29, 1.82) is 0 Å². The maximum atomic E-state index is 12.9. The molecule has 34 heavy (non-hydrogen) atoms. The summed E-state index contributed by atoms with van der Waals surface area (Å²) >= 11 is 0. The van der Waals surface area contributed by atoms with Crippen LogP contribution in [0.5, 0.6) is 11.5 Å². The van der Waals surface area contributed by atoms with Crippen molar-refractivity contribution >= 4 is 11.9 Å². The zero-order valence-electron chi connectivity index (χ0n) is 20.4. The van der Waals surface area contributed by atoms with Crippen LogP contribution >= 0.6 is 0 Å². The third-order valence-corrected chi connectivity index (χ3v) is 8.67. The van der Waals surface area contributed by atoms with E-state index < -0.39 is 11.6 Å². The number of carbonyl (C=O) groups excluding carboxylic acids is 1. The van der Waals surface area contributed by atoms with E-state index in [1.807, 2.05) is 30.0 Å². The van der Waals surface area contributed by atoms with Gasteiger partial charge in [0.15, 0.2) is 0 Å². The number of methoxy groups -OCH3 is 1. The molecule has 3 atom stereocenters. The zero-order valence-corrected chi connectivity index (χ0v) is 20.4. The predicted octanol–water partition coefficient (Wildman–Crippen LogP) is 4.59. The van der Waals surface area contributed by atoms with E-state index in [0.717, 1.165) is 25.1 Å². The maximum Gasteiger partial charge on any atom is 0.303 e. The van der Waals surface area contributed by atoms with Crippen LogP contribution in [0.3, 0.4) is 0 Å². The Hall–Kier alpha value is -2.28. The molecule has 1 amide bonds. The molecule has 3 fully saturated rings. The number of benzene rings is 1. The Kier molecular flexibility index (Phi) is 6.25.